The van der Waals surface area contributed by atoms with Crippen molar-refractivity contribution in [3.8, 4) is 5.75 Å². The molecule has 1 aromatic carbocycles. The number of aliphatic hydroxyl groups is 2. The van der Waals surface area contributed by atoms with Crippen LogP contribution in [0.15, 0.2) is 22.7 Å². The van der Waals surface area contributed by atoms with Gasteiger partial charge in [-0.25, -0.2) is 0 Å². The topological polar surface area (TPSA) is 61.7 Å². The highest BCUT2D eigenvalue weighted by Gasteiger charge is 2.30. The van der Waals surface area contributed by atoms with E-state index in [0.717, 1.165) is 41.5 Å². The minimum Gasteiger partial charge on any atom is -0.490 e. The van der Waals surface area contributed by atoms with E-state index in [-0.39, 0.29) is 6.61 Å². The third-order valence-electron chi connectivity index (χ3n) is 3.89. The normalized spacial score (nSPS) is 18.7. The number of aliphatic hydroxyl groups excluding tert-OH is 1. The predicted octanol–water partition coefficient (Wildman–Crippen LogP) is 2.39. The molecule has 0 bridgehead atoms. The highest BCUT2D eigenvalue weighted by Crippen LogP contribution is 2.28. The fourth-order valence-corrected chi connectivity index (χ4v) is 3.26. The number of aryl methyl sites for hydroxylation is 1. The molecular formula is C16H24BrNO3. The monoisotopic (exact) mass is 357 g/mol. The summed E-state index contributed by atoms with van der Waals surface area (Å²) in [5, 5.41) is 23.3. The lowest BCUT2D eigenvalue weighted by molar-refractivity contribution is 0.0406. The Balaban J connectivity index is 1.68. The second kappa shape index (κ2) is 7.58. The smallest absolute Gasteiger partial charge is 0.133 e. The van der Waals surface area contributed by atoms with E-state index in [0.29, 0.717) is 13.1 Å². The van der Waals surface area contributed by atoms with Crippen LogP contribution in [0.3, 0.4) is 0 Å². The number of benzene rings is 1. The first-order valence-corrected chi connectivity index (χ1v) is 8.28. The fourth-order valence-electron chi connectivity index (χ4n) is 2.65. The Labute approximate surface area is 134 Å². The Morgan fingerprint density at radius 3 is 2.76 bits per heavy atom. The first-order valence-electron chi connectivity index (χ1n) is 7.49. The Bertz CT molecular complexity index is 461. The molecular weight excluding hydrogens is 334 g/mol. The van der Waals surface area contributed by atoms with Crippen molar-refractivity contribution in [1.29, 1.82) is 0 Å². The summed E-state index contributed by atoms with van der Waals surface area (Å²) >= 11 is 3.45. The van der Waals surface area contributed by atoms with Crippen LogP contribution in [0.5, 0.6) is 5.75 Å². The maximum atomic E-state index is 10.2. The lowest BCUT2D eigenvalue weighted by Crippen LogP contribution is -2.42. The third-order valence-corrected chi connectivity index (χ3v) is 4.51. The molecule has 1 fully saturated rings. The van der Waals surface area contributed by atoms with Gasteiger partial charge in [-0.3, -0.25) is 0 Å². The molecule has 0 heterocycles. The summed E-state index contributed by atoms with van der Waals surface area (Å²) in [6, 6.07) is 5.84. The van der Waals surface area contributed by atoms with Crippen LogP contribution in [0.1, 0.15) is 31.2 Å². The number of ether oxygens (including phenoxy) is 1. The molecule has 0 saturated heterocycles. The van der Waals surface area contributed by atoms with Crippen LogP contribution in [0.25, 0.3) is 0 Å². The van der Waals surface area contributed by atoms with Crippen LogP contribution in [0, 0.1) is 6.92 Å². The van der Waals surface area contributed by atoms with Crippen molar-refractivity contribution in [3.63, 3.8) is 0 Å². The molecule has 1 aromatic rings. The van der Waals surface area contributed by atoms with Gasteiger partial charge in [0.25, 0.3) is 0 Å². The summed E-state index contributed by atoms with van der Waals surface area (Å²) in [6.45, 7) is 3.21. The van der Waals surface area contributed by atoms with Gasteiger partial charge in [-0.15, -0.1) is 0 Å². The van der Waals surface area contributed by atoms with Crippen molar-refractivity contribution in [1.82, 2.24) is 5.32 Å². The first-order chi connectivity index (χ1) is 9.98. The van der Waals surface area contributed by atoms with Crippen LogP contribution in [-0.2, 0) is 0 Å². The van der Waals surface area contributed by atoms with Gasteiger partial charge in [0.2, 0.25) is 0 Å². The number of nitrogens with one attached hydrogen (secondary N) is 1. The molecule has 1 unspecified atom stereocenters. The van der Waals surface area contributed by atoms with E-state index in [2.05, 4.69) is 21.2 Å². The number of halogens is 1. The van der Waals surface area contributed by atoms with Gasteiger partial charge in [0.05, 0.1) is 10.1 Å². The Morgan fingerprint density at radius 2 is 2.10 bits per heavy atom. The number of hydrogen-bond donors (Lipinski definition) is 3. The summed E-state index contributed by atoms with van der Waals surface area (Å²) in [5.41, 5.74) is 0.571. The van der Waals surface area contributed by atoms with E-state index in [1.54, 1.807) is 0 Å². The van der Waals surface area contributed by atoms with Crippen molar-refractivity contribution >= 4 is 15.9 Å². The molecule has 0 amide bonds. The maximum absolute atomic E-state index is 10.2. The van der Waals surface area contributed by atoms with E-state index >= 15 is 0 Å². The quantitative estimate of drug-likeness (QED) is 0.701. The van der Waals surface area contributed by atoms with Gasteiger partial charge < -0.3 is 20.3 Å². The lowest BCUT2D eigenvalue weighted by Gasteiger charge is -2.23. The average Bonchev–Trinajstić information content (AvgIpc) is 2.85. The van der Waals surface area contributed by atoms with Gasteiger partial charge in [0, 0.05) is 13.1 Å². The zero-order valence-electron chi connectivity index (χ0n) is 12.4. The molecule has 1 aliphatic carbocycles. The van der Waals surface area contributed by atoms with Crippen LogP contribution in [0.4, 0.5) is 0 Å². The van der Waals surface area contributed by atoms with Crippen molar-refractivity contribution in [2.45, 2.75) is 44.3 Å². The van der Waals surface area contributed by atoms with Crippen molar-refractivity contribution in [2.24, 2.45) is 0 Å². The standard InChI is InChI=1S/C16H24BrNO3/c1-12-4-5-15(14(17)8-12)21-10-13(19)9-18-11-16(20)6-2-3-7-16/h4-5,8,13,18-20H,2-3,6-7,9-11H2,1H3. The summed E-state index contributed by atoms with van der Waals surface area (Å²) < 4.78 is 6.49. The average molecular weight is 358 g/mol. The van der Waals surface area contributed by atoms with E-state index in [1.807, 2.05) is 25.1 Å². The predicted molar refractivity (Wildman–Crippen MR) is 86.7 cm³/mol. The molecule has 0 radical (unpaired) electrons. The highest BCUT2D eigenvalue weighted by atomic mass is 79.9. The molecule has 3 N–H and O–H groups in total. The zero-order valence-corrected chi connectivity index (χ0v) is 14.0. The number of rotatable bonds is 7. The Morgan fingerprint density at radius 1 is 1.38 bits per heavy atom. The molecule has 0 aromatic heterocycles. The van der Waals surface area contributed by atoms with Crippen molar-refractivity contribution < 1.29 is 14.9 Å². The van der Waals surface area contributed by atoms with Gasteiger partial charge in [-0.2, -0.15) is 0 Å². The molecule has 5 heteroatoms. The van der Waals surface area contributed by atoms with Crippen LogP contribution in [-0.4, -0.2) is 41.6 Å². The van der Waals surface area contributed by atoms with Gasteiger partial charge in [0.1, 0.15) is 18.5 Å². The minimum atomic E-state index is -0.594. The zero-order chi connectivity index (χ0) is 15.3. The summed E-state index contributed by atoms with van der Waals surface area (Å²) in [5.74, 6) is 0.731. The minimum absolute atomic E-state index is 0.229. The molecule has 21 heavy (non-hydrogen) atoms. The van der Waals surface area contributed by atoms with Gasteiger partial charge in [-0.05, 0) is 53.4 Å². The fraction of sp³-hybridized carbons (Fsp3) is 0.625. The SMILES string of the molecule is Cc1ccc(OCC(O)CNCC2(O)CCCC2)c(Br)c1. The van der Waals surface area contributed by atoms with E-state index < -0.39 is 11.7 Å². The molecule has 1 saturated carbocycles. The Kier molecular flexibility index (Phi) is 6.05. The largest absolute Gasteiger partial charge is 0.490 e. The van der Waals surface area contributed by atoms with Gasteiger partial charge in [0.15, 0.2) is 0 Å². The molecule has 118 valence electrons. The van der Waals surface area contributed by atoms with Crippen LogP contribution in [0.2, 0.25) is 0 Å². The van der Waals surface area contributed by atoms with E-state index in [9.17, 15) is 10.2 Å². The highest BCUT2D eigenvalue weighted by molar-refractivity contribution is 9.10. The van der Waals surface area contributed by atoms with Crippen molar-refractivity contribution in [2.75, 3.05) is 19.7 Å². The number of hydrogen-bond acceptors (Lipinski definition) is 4. The summed E-state index contributed by atoms with van der Waals surface area (Å²) in [7, 11) is 0. The molecule has 0 spiro atoms. The van der Waals surface area contributed by atoms with Gasteiger partial charge >= 0.3 is 0 Å². The summed E-state index contributed by atoms with van der Waals surface area (Å²) in [4.78, 5) is 0. The third kappa shape index (κ3) is 5.25. The van der Waals surface area contributed by atoms with Crippen LogP contribution >= 0.6 is 15.9 Å². The molecule has 1 atom stereocenters. The first kappa shape index (κ1) is 16.7. The van der Waals surface area contributed by atoms with E-state index in [4.69, 9.17) is 4.74 Å². The lowest BCUT2D eigenvalue weighted by atomic mass is 10.0. The molecule has 1 aliphatic rings. The Hall–Kier alpha value is -0.620. The molecule has 2 rings (SSSR count). The molecule has 0 aliphatic heterocycles. The maximum Gasteiger partial charge on any atom is 0.133 e. The van der Waals surface area contributed by atoms with Crippen LogP contribution < -0.4 is 10.1 Å². The second-order valence-corrected chi connectivity index (χ2v) is 6.82. The van der Waals surface area contributed by atoms with E-state index in [1.165, 1.54) is 0 Å². The second-order valence-electron chi connectivity index (χ2n) is 5.96. The van der Waals surface area contributed by atoms with Gasteiger partial charge in [-0.1, -0.05) is 18.9 Å². The summed E-state index contributed by atoms with van der Waals surface area (Å²) in [6.07, 6.45) is 3.28. The van der Waals surface area contributed by atoms with Crippen molar-refractivity contribution in [3.05, 3.63) is 28.2 Å². The molecule has 4 nitrogen and oxygen atoms in total.